The first-order valence-electron chi connectivity index (χ1n) is 7.81. The summed E-state index contributed by atoms with van der Waals surface area (Å²) in [5.41, 5.74) is 2.23. The number of hydrogen-bond acceptors (Lipinski definition) is 3. The fourth-order valence-corrected chi connectivity index (χ4v) is 3.62. The van der Waals surface area contributed by atoms with Crippen LogP contribution in [0.1, 0.15) is 36.8 Å². The monoisotopic (exact) mass is 285 g/mol. The minimum Gasteiger partial charge on any atom is -0.495 e. The number of benzene rings is 1. The molecule has 2 fully saturated rings. The third-order valence-corrected chi connectivity index (χ3v) is 4.63. The van der Waals surface area contributed by atoms with Crippen LogP contribution in [0.5, 0.6) is 5.75 Å². The highest BCUT2D eigenvalue weighted by molar-refractivity contribution is 5.48. The second-order valence-electron chi connectivity index (χ2n) is 6.07. The van der Waals surface area contributed by atoms with E-state index in [4.69, 9.17) is 9.84 Å². The largest absolute Gasteiger partial charge is 0.495 e. The average Bonchev–Trinajstić information content (AvgIpc) is 3.10. The van der Waals surface area contributed by atoms with E-state index >= 15 is 0 Å². The third kappa shape index (κ3) is 3.23. The molecule has 112 valence electrons. The number of likely N-dealkylation sites (tertiary alicyclic amines) is 1. The molecule has 1 heterocycles. The molecule has 0 radical (unpaired) electrons. The zero-order valence-electron chi connectivity index (χ0n) is 12.6. The molecule has 1 aliphatic carbocycles. The van der Waals surface area contributed by atoms with Gasteiger partial charge in [-0.15, -0.1) is 0 Å². The van der Waals surface area contributed by atoms with Crippen molar-refractivity contribution in [1.29, 1.82) is 0 Å². The number of aliphatic hydroxyl groups excluding tert-OH is 1. The fourth-order valence-electron chi connectivity index (χ4n) is 3.62. The van der Waals surface area contributed by atoms with Crippen LogP contribution < -0.4 is 4.74 Å². The first-order valence-corrected chi connectivity index (χ1v) is 7.81. The van der Waals surface area contributed by atoms with Crippen molar-refractivity contribution in [1.82, 2.24) is 4.90 Å². The van der Waals surface area contributed by atoms with Crippen LogP contribution >= 0.6 is 0 Å². The lowest BCUT2D eigenvalue weighted by atomic mass is 10.1. The summed E-state index contributed by atoms with van der Waals surface area (Å²) in [6.07, 6.45) is 4.67. The van der Waals surface area contributed by atoms with Crippen LogP contribution in [0.2, 0.25) is 0 Å². The molecule has 1 N–H and O–H groups in total. The van der Waals surface area contributed by atoms with Gasteiger partial charge in [0.05, 0.1) is 19.3 Å². The van der Waals surface area contributed by atoms with E-state index in [1.807, 2.05) is 6.07 Å². The van der Waals surface area contributed by atoms with Crippen molar-refractivity contribution in [2.45, 2.75) is 38.3 Å². The maximum absolute atomic E-state index is 8.84. The number of rotatable bonds is 4. The summed E-state index contributed by atoms with van der Waals surface area (Å²) in [6.45, 7) is 2.37. The Morgan fingerprint density at radius 1 is 1.38 bits per heavy atom. The van der Waals surface area contributed by atoms with Gasteiger partial charge in [-0.3, -0.25) is 4.90 Å². The molecule has 2 aliphatic rings. The van der Waals surface area contributed by atoms with E-state index in [1.54, 1.807) is 7.11 Å². The predicted octanol–water partition coefficient (Wildman–Crippen LogP) is 2.41. The minimum atomic E-state index is 0.103. The van der Waals surface area contributed by atoms with Gasteiger partial charge in [0.2, 0.25) is 0 Å². The lowest BCUT2D eigenvalue weighted by Gasteiger charge is -2.26. The molecule has 1 aromatic rings. The van der Waals surface area contributed by atoms with Crippen molar-refractivity contribution >= 4 is 0 Å². The van der Waals surface area contributed by atoms with Gasteiger partial charge in [-0.1, -0.05) is 17.9 Å². The summed E-state index contributed by atoms with van der Waals surface area (Å²) in [7, 11) is 1.67. The van der Waals surface area contributed by atoms with Gasteiger partial charge in [-0.25, -0.2) is 0 Å². The Labute approximate surface area is 126 Å². The quantitative estimate of drug-likeness (QED) is 0.862. The Kier molecular flexibility index (Phi) is 4.48. The molecule has 0 amide bonds. The number of piperidine rings is 1. The highest BCUT2D eigenvalue weighted by Gasteiger charge is 2.37. The zero-order chi connectivity index (χ0) is 14.7. The minimum absolute atomic E-state index is 0.103. The summed E-state index contributed by atoms with van der Waals surface area (Å²) < 4.78 is 5.37. The molecule has 3 rings (SSSR count). The molecule has 1 aliphatic heterocycles. The number of aliphatic hydroxyl groups is 1. The lowest BCUT2D eigenvalue weighted by Crippen LogP contribution is -2.31. The van der Waals surface area contributed by atoms with Crippen LogP contribution in [-0.4, -0.2) is 36.3 Å². The van der Waals surface area contributed by atoms with Crippen molar-refractivity contribution in [3.8, 4) is 17.6 Å². The molecule has 0 aromatic heterocycles. The number of hydrogen-bond donors (Lipinski definition) is 1. The van der Waals surface area contributed by atoms with E-state index in [2.05, 4.69) is 28.9 Å². The maximum atomic E-state index is 8.84. The molecule has 0 spiro atoms. The summed E-state index contributed by atoms with van der Waals surface area (Å²) in [5, 5.41) is 8.84. The van der Waals surface area contributed by atoms with Gasteiger partial charge >= 0.3 is 0 Å². The van der Waals surface area contributed by atoms with Crippen molar-refractivity contribution in [2.24, 2.45) is 5.92 Å². The molecule has 21 heavy (non-hydrogen) atoms. The van der Waals surface area contributed by atoms with Crippen LogP contribution in [0.25, 0.3) is 0 Å². The van der Waals surface area contributed by atoms with Crippen molar-refractivity contribution in [2.75, 3.05) is 20.3 Å². The van der Waals surface area contributed by atoms with E-state index in [1.165, 1.54) is 31.4 Å². The van der Waals surface area contributed by atoms with Crippen LogP contribution in [0.4, 0.5) is 0 Å². The Hall–Kier alpha value is -1.50. The normalized spacial score (nSPS) is 23.9. The average molecular weight is 285 g/mol. The molecule has 1 saturated heterocycles. The highest BCUT2D eigenvalue weighted by atomic mass is 16.5. The summed E-state index contributed by atoms with van der Waals surface area (Å²) in [4.78, 5) is 2.61. The molecule has 2 atom stereocenters. The molecule has 2 unspecified atom stereocenters. The second-order valence-corrected chi connectivity index (χ2v) is 6.07. The van der Waals surface area contributed by atoms with Crippen LogP contribution in [0.15, 0.2) is 18.2 Å². The highest BCUT2D eigenvalue weighted by Crippen LogP contribution is 2.38. The Morgan fingerprint density at radius 2 is 2.29 bits per heavy atom. The Balaban J connectivity index is 1.74. The Bertz CT molecular complexity index is 558. The van der Waals surface area contributed by atoms with Gasteiger partial charge in [0.15, 0.2) is 0 Å². The van der Waals surface area contributed by atoms with E-state index in [0.717, 1.165) is 29.8 Å². The van der Waals surface area contributed by atoms with Crippen molar-refractivity contribution in [3.05, 3.63) is 29.3 Å². The molecule has 1 aromatic carbocycles. The lowest BCUT2D eigenvalue weighted by molar-refractivity contribution is 0.205. The van der Waals surface area contributed by atoms with Crippen LogP contribution in [0.3, 0.4) is 0 Å². The fraction of sp³-hybridized carbons (Fsp3) is 0.556. The van der Waals surface area contributed by atoms with E-state index in [0.29, 0.717) is 6.42 Å². The molecule has 1 saturated carbocycles. The van der Waals surface area contributed by atoms with Gasteiger partial charge in [0, 0.05) is 25.6 Å². The first kappa shape index (κ1) is 14.4. The summed E-state index contributed by atoms with van der Waals surface area (Å²) >= 11 is 0. The number of methoxy groups -OCH3 is 1. The van der Waals surface area contributed by atoms with E-state index in [9.17, 15) is 0 Å². The van der Waals surface area contributed by atoms with Gasteiger partial charge in [0.1, 0.15) is 5.75 Å². The number of nitrogens with zero attached hydrogens (tertiary/aromatic N) is 1. The smallest absolute Gasteiger partial charge is 0.134 e. The van der Waals surface area contributed by atoms with Gasteiger partial charge in [-0.2, -0.15) is 0 Å². The molecule has 3 nitrogen and oxygen atoms in total. The molecule has 2 bridgehead atoms. The maximum Gasteiger partial charge on any atom is 0.134 e. The molecular weight excluding hydrogens is 262 g/mol. The van der Waals surface area contributed by atoms with Crippen LogP contribution in [0, 0.1) is 17.8 Å². The van der Waals surface area contributed by atoms with Gasteiger partial charge in [-0.05, 0) is 42.9 Å². The first-order chi connectivity index (χ1) is 10.3. The van der Waals surface area contributed by atoms with E-state index < -0.39 is 0 Å². The second kappa shape index (κ2) is 6.51. The Morgan fingerprint density at radius 3 is 2.95 bits per heavy atom. The zero-order valence-corrected chi connectivity index (χ0v) is 12.6. The standard InChI is InChI=1S/C18H23NO2/c1-21-18-8-6-14(10-16(18)4-2-3-9-20)12-19-13-15-5-7-17(19)11-15/h6,8,10,15,17,20H,3,5,7,9,11-13H2,1H3. The number of ether oxygens (including phenoxy) is 1. The topological polar surface area (TPSA) is 32.7 Å². The van der Waals surface area contributed by atoms with Crippen molar-refractivity contribution in [3.63, 3.8) is 0 Å². The third-order valence-electron chi connectivity index (χ3n) is 4.63. The molecule has 3 heteroatoms. The SMILES string of the molecule is COc1ccc(CN2CC3CCC2C3)cc1C#CCCO. The predicted molar refractivity (Wildman–Crippen MR) is 83.1 cm³/mol. The van der Waals surface area contributed by atoms with Crippen molar-refractivity contribution < 1.29 is 9.84 Å². The summed E-state index contributed by atoms with van der Waals surface area (Å²) in [5.74, 6) is 7.83. The van der Waals surface area contributed by atoms with Gasteiger partial charge < -0.3 is 9.84 Å². The van der Waals surface area contributed by atoms with Crippen LogP contribution in [-0.2, 0) is 6.54 Å². The van der Waals surface area contributed by atoms with Gasteiger partial charge in [0.25, 0.3) is 0 Å². The molecular formula is C18H23NO2. The number of fused-ring (bicyclic) bond motifs is 2. The summed E-state index contributed by atoms with van der Waals surface area (Å²) in [6, 6.07) is 7.07. The van der Waals surface area contributed by atoms with E-state index in [-0.39, 0.29) is 6.61 Å².